The fourth-order valence-corrected chi connectivity index (χ4v) is 1.35. The van der Waals surface area contributed by atoms with Crippen LogP contribution in [0, 0.1) is 0 Å². The van der Waals surface area contributed by atoms with Gasteiger partial charge in [-0.3, -0.25) is 9.78 Å². The van der Waals surface area contributed by atoms with Gasteiger partial charge in [-0.05, 0) is 25.5 Å². The molecule has 92 valence electrons. The van der Waals surface area contributed by atoms with Gasteiger partial charge in [0, 0.05) is 32.5 Å². The van der Waals surface area contributed by atoms with E-state index in [-0.39, 0.29) is 5.91 Å². The molecule has 1 amide bonds. The van der Waals surface area contributed by atoms with Crippen LogP contribution in [0.4, 0.5) is 5.69 Å². The largest absolute Gasteiger partial charge is 0.385 e. The molecule has 1 aromatic rings. The van der Waals surface area contributed by atoms with Crippen molar-refractivity contribution in [2.45, 2.75) is 13.3 Å². The molecule has 0 unspecified atom stereocenters. The van der Waals surface area contributed by atoms with E-state index < -0.39 is 0 Å². The van der Waals surface area contributed by atoms with Gasteiger partial charge in [-0.1, -0.05) is 12.2 Å². The average molecular weight is 233 g/mol. The Kier molecular flexibility index (Phi) is 5.20. The molecule has 0 aliphatic carbocycles. The lowest BCUT2D eigenvalue weighted by molar-refractivity contribution is 0.0822. The van der Waals surface area contributed by atoms with Crippen molar-refractivity contribution >= 4 is 11.6 Å². The van der Waals surface area contributed by atoms with Crippen LogP contribution in [0.25, 0.3) is 0 Å². The van der Waals surface area contributed by atoms with Crippen molar-refractivity contribution in [2.75, 3.05) is 26.0 Å². The summed E-state index contributed by atoms with van der Waals surface area (Å²) in [5, 5.41) is 3.25. The van der Waals surface area contributed by atoms with E-state index in [0.717, 1.165) is 18.7 Å². The van der Waals surface area contributed by atoms with Crippen LogP contribution in [0.1, 0.15) is 23.8 Å². The normalized spacial score (nSPS) is 10.5. The van der Waals surface area contributed by atoms with E-state index in [4.69, 9.17) is 0 Å². The van der Waals surface area contributed by atoms with Crippen LogP contribution in [0.3, 0.4) is 0 Å². The Bertz CT molecular complexity index is 399. The van der Waals surface area contributed by atoms with Crippen LogP contribution >= 0.6 is 0 Å². The maximum Gasteiger partial charge on any atom is 0.272 e. The minimum absolute atomic E-state index is 0.0814. The molecule has 1 heterocycles. The van der Waals surface area contributed by atoms with Gasteiger partial charge < -0.3 is 10.2 Å². The Morgan fingerprint density at radius 2 is 2.29 bits per heavy atom. The molecule has 0 bridgehead atoms. The quantitative estimate of drug-likeness (QED) is 0.626. The SMILES string of the molecule is C/C=C/CCNc1ccnc(C(=O)N(C)C)c1. The standard InChI is InChI=1S/C13H19N3O/c1-4-5-6-8-14-11-7-9-15-12(10-11)13(17)16(2)3/h4-5,7,9-10H,6,8H2,1-3H3,(H,14,15)/b5-4+. The summed E-state index contributed by atoms with van der Waals surface area (Å²) >= 11 is 0. The van der Waals surface area contributed by atoms with E-state index in [2.05, 4.69) is 16.4 Å². The number of carbonyl (C=O) groups is 1. The van der Waals surface area contributed by atoms with Gasteiger partial charge in [0.1, 0.15) is 5.69 Å². The number of nitrogens with zero attached hydrogens (tertiary/aromatic N) is 2. The predicted octanol–water partition coefficient (Wildman–Crippen LogP) is 2.16. The summed E-state index contributed by atoms with van der Waals surface area (Å²) in [6.45, 7) is 2.85. The highest BCUT2D eigenvalue weighted by atomic mass is 16.2. The molecule has 1 aromatic heterocycles. The smallest absolute Gasteiger partial charge is 0.272 e. The lowest BCUT2D eigenvalue weighted by atomic mass is 10.3. The third-order valence-corrected chi connectivity index (χ3v) is 2.26. The van der Waals surface area contributed by atoms with Crippen molar-refractivity contribution in [1.82, 2.24) is 9.88 Å². The summed E-state index contributed by atoms with van der Waals surface area (Å²) in [6.07, 6.45) is 6.74. The van der Waals surface area contributed by atoms with Crippen molar-refractivity contribution in [3.05, 3.63) is 36.2 Å². The first-order valence-electron chi connectivity index (χ1n) is 5.68. The highest BCUT2D eigenvalue weighted by Gasteiger charge is 2.09. The molecule has 4 heteroatoms. The van der Waals surface area contributed by atoms with Gasteiger partial charge in [-0.25, -0.2) is 0 Å². The minimum atomic E-state index is -0.0814. The molecule has 0 radical (unpaired) electrons. The zero-order chi connectivity index (χ0) is 12.7. The second-order valence-electron chi connectivity index (χ2n) is 3.91. The molecule has 0 saturated carbocycles. The summed E-state index contributed by atoms with van der Waals surface area (Å²) in [4.78, 5) is 17.3. The summed E-state index contributed by atoms with van der Waals surface area (Å²) in [6, 6.07) is 3.64. The highest BCUT2D eigenvalue weighted by molar-refractivity contribution is 5.92. The van der Waals surface area contributed by atoms with Crippen LogP contribution in [0.2, 0.25) is 0 Å². The summed E-state index contributed by atoms with van der Waals surface area (Å²) < 4.78 is 0. The number of nitrogens with one attached hydrogen (secondary N) is 1. The Hall–Kier alpha value is -1.84. The summed E-state index contributed by atoms with van der Waals surface area (Å²) in [5.74, 6) is -0.0814. The van der Waals surface area contributed by atoms with E-state index in [1.54, 1.807) is 26.4 Å². The number of rotatable bonds is 5. The predicted molar refractivity (Wildman–Crippen MR) is 70.2 cm³/mol. The second-order valence-corrected chi connectivity index (χ2v) is 3.91. The third-order valence-electron chi connectivity index (χ3n) is 2.26. The molecule has 0 fully saturated rings. The minimum Gasteiger partial charge on any atom is -0.385 e. The van der Waals surface area contributed by atoms with Crippen molar-refractivity contribution in [3.8, 4) is 0 Å². The van der Waals surface area contributed by atoms with Gasteiger partial charge in [0.05, 0.1) is 0 Å². The second kappa shape index (κ2) is 6.68. The molecule has 0 saturated heterocycles. The van der Waals surface area contributed by atoms with Crippen molar-refractivity contribution in [1.29, 1.82) is 0 Å². The van der Waals surface area contributed by atoms with E-state index >= 15 is 0 Å². The number of allylic oxidation sites excluding steroid dienone is 1. The Balaban J connectivity index is 2.63. The van der Waals surface area contributed by atoms with E-state index in [9.17, 15) is 4.79 Å². The van der Waals surface area contributed by atoms with Crippen LogP contribution in [-0.4, -0.2) is 36.4 Å². The number of anilines is 1. The first-order valence-corrected chi connectivity index (χ1v) is 5.68. The molecular weight excluding hydrogens is 214 g/mol. The summed E-state index contributed by atoms with van der Waals surface area (Å²) in [5.41, 5.74) is 1.39. The Labute approximate surface area is 102 Å². The molecular formula is C13H19N3O. The van der Waals surface area contributed by atoms with Gasteiger partial charge in [0.15, 0.2) is 0 Å². The van der Waals surface area contributed by atoms with E-state index in [0.29, 0.717) is 5.69 Å². The van der Waals surface area contributed by atoms with Gasteiger partial charge in [0.25, 0.3) is 5.91 Å². The first kappa shape index (κ1) is 13.2. The molecule has 0 aliphatic heterocycles. The monoisotopic (exact) mass is 233 g/mol. The molecule has 4 nitrogen and oxygen atoms in total. The lowest BCUT2D eigenvalue weighted by Crippen LogP contribution is -2.22. The maximum absolute atomic E-state index is 11.7. The van der Waals surface area contributed by atoms with Gasteiger partial charge in [-0.2, -0.15) is 0 Å². The molecule has 0 atom stereocenters. The topological polar surface area (TPSA) is 45.2 Å². The number of hydrogen-bond acceptors (Lipinski definition) is 3. The lowest BCUT2D eigenvalue weighted by Gasteiger charge is -2.10. The van der Waals surface area contributed by atoms with Crippen molar-refractivity contribution in [2.24, 2.45) is 0 Å². The average Bonchev–Trinajstić information content (AvgIpc) is 2.34. The number of hydrogen-bond donors (Lipinski definition) is 1. The maximum atomic E-state index is 11.7. The number of aromatic nitrogens is 1. The zero-order valence-electron chi connectivity index (χ0n) is 10.6. The molecule has 0 aromatic carbocycles. The van der Waals surface area contributed by atoms with Crippen LogP contribution < -0.4 is 5.32 Å². The fourth-order valence-electron chi connectivity index (χ4n) is 1.35. The summed E-state index contributed by atoms with van der Waals surface area (Å²) in [7, 11) is 3.44. The zero-order valence-corrected chi connectivity index (χ0v) is 10.6. The third kappa shape index (κ3) is 4.26. The van der Waals surface area contributed by atoms with E-state index in [1.165, 1.54) is 4.90 Å². The number of pyridine rings is 1. The van der Waals surface area contributed by atoms with Crippen LogP contribution in [0.5, 0.6) is 0 Å². The van der Waals surface area contributed by atoms with Gasteiger partial charge in [0.2, 0.25) is 0 Å². The molecule has 1 rings (SSSR count). The van der Waals surface area contributed by atoms with Crippen LogP contribution in [0.15, 0.2) is 30.5 Å². The highest BCUT2D eigenvalue weighted by Crippen LogP contribution is 2.09. The van der Waals surface area contributed by atoms with Gasteiger partial charge >= 0.3 is 0 Å². The van der Waals surface area contributed by atoms with Crippen molar-refractivity contribution < 1.29 is 4.79 Å². The Morgan fingerprint density at radius 3 is 2.94 bits per heavy atom. The van der Waals surface area contributed by atoms with Gasteiger partial charge in [-0.15, -0.1) is 0 Å². The first-order chi connectivity index (χ1) is 8.15. The number of amides is 1. The van der Waals surface area contributed by atoms with E-state index in [1.807, 2.05) is 19.1 Å². The molecule has 1 N–H and O–H groups in total. The molecule has 17 heavy (non-hydrogen) atoms. The number of carbonyl (C=O) groups excluding carboxylic acids is 1. The van der Waals surface area contributed by atoms with Crippen molar-refractivity contribution in [3.63, 3.8) is 0 Å². The van der Waals surface area contributed by atoms with Crippen LogP contribution in [-0.2, 0) is 0 Å². The molecule has 0 aliphatic rings. The molecule has 0 spiro atoms. The fraction of sp³-hybridized carbons (Fsp3) is 0.385. The Morgan fingerprint density at radius 1 is 1.53 bits per heavy atom.